The fraction of sp³-hybridized carbons (Fsp3) is 0.538. The fourth-order valence-electron chi connectivity index (χ4n) is 2.08. The number of carbonyl (C=O) groups excluding carboxylic acids is 2. The third-order valence-corrected chi connectivity index (χ3v) is 4.41. The Bertz CT molecular complexity index is 482. The monoisotopic (exact) mass is 281 g/mol. The van der Waals surface area contributed by atoms with Crippen LogP contribution < -0.4 is 11.1 Å². The second-order valence-electron chi connectivity index (χ2n) is 5.07. The van der Waals surface area contributed by atoms with Crippen LogP contribution in [0.2, 0.25) is 0 Å². The number of nitrogens with zero attached hydrogens (tertiary/aromatic N) is 1. The summed E-state index contributed by atoms with van der Waals surface area (Å²) in [7, 11) is 1.95. The first kappa shape index (κ1) is 14.0. The van der Waals surface area contributed by atoms with E-state index in [2.05, 4.69) is 12.2 Å². The minimum Gasteiger partial charge on any atom is -0.366 e. The molecule has 0 saturated heterocycles. The smallest absolute Gasteiger partial charge is 0.251 e. The maximum Gasteiger partial charge on any atom is 0.251 e. The molecule has 6 heteroatoms. The molecule has 0 spiro atoms. The maximum absolute atomic E-state index is 11.9. The largest absolute Gasteiger partial charge is 0.366 e. The van der Waals surface area contributed by atoms with Gasteiger partial charge in [-0.2, -0.15) is 0 Å². The minimum atomic E-state index is -0.517. The van der Waals surface area contributed by atoms with Crippen molar-refractivity contribution in [3.8, 4) is 0 Å². The molecule has 1 fully saturated rings. The van der Waals surface area contributed by atoms with Gasteiger partial charge >= 0.3 is 0 Å². The third-order valence-electron chi connectivity index (χ3n) is 3.58. The first-order valence-electron chi connectivity index (χ1n) is 6.36. The lowest BCUT2D eigenvalue weighted by Crippen LogP contribution is -2.37. The van der Waals surface area contributed by atoms with Crippen LogP contribution in [0.25, 0.3) is 0 Å². The zero-order chi connectivity index (χ0) is 14.0. The van der Waals surface area contributed by atoms with Crippen molar-refractivity contribution in [2.24, 2.45) is 11.7 Å². The molecule has 0 aromatic carbocycles. The van der Waals surface area contributed by atoms with E-state index in [1.54, 1.807) is 11.4 Å². The first-order chi connectivity index (χ1) is 8.99. The van der Waals surface area contributed by atoms with E-state index in [4.69, 9.17) is 5.73 Å². The molecule has 2 rings (SSSR count). The summed E-state index contributed by atoms with van der Waals surface area (Å²) in [4.78, 5) is 25.2. The predicted octanol–water partition coefficient (Wildman–Crippen LogP) is 1.52. The molecular weight excluding hydrogens is 262 g/mol. The Morgan fingerprint density at radius 1 is 1.58 bits per heavy atom. The Hall–Kier alpha value is -1.40. The van der Waals surface area contributed by atoms with Gasteiger partial charge in [-0.1, -0.05) is 0 Å². The minimum absolute atomic E-state index is 0.111. The number of thiophene rings is 1. The maximum atomic E-state index is 11.9. The Morgan fingerprint density at radius 3 is 2.84 bits per heavy atom. The van der Waals surface area contributed by atoms with Crippen molar-refractivity contribution < 1.29 is 9.59 Å². The van der Waals surface area contributed by atoms with Gasteiger partial charge in [0.2, 0.25) is 5.91 Å². The van der Waals surface area contributed by atoms with Crippen LogP contribution in [-0.2, 0) is 4.79 Å². The number of primary amides is 1. The zero-order valence-corrected chi connectivity index (χ0v) is 12.0. The molecule has 1 aliphatic carbocycles. The Labute approximate surface area is 116 Å². The Morgan fingerprint density at radius 2 is 2.26 bits per heavy atom. The molecule has 0 unspecified atom stereocenters. The molecule has 3 N–H and O–H groups in total. The van der Waals surface area contributed by atoms with E-state index in [1.165, 1.54) is 24.2 Å². The predicted molar refractivity (Wildman–Crippen MR) is 76.3 cm³/mol. The van der Waals surface area contributed by atoms with Crippen molar-refractivity contribution in [2.45, 2.75) is 25.8 Å². The van der Waals surface area contributed by atoms with Crippen molar-refractivity contribution in [1.82, 2.24) is 4.90 Å². The Kier molecular flexibility index (Phi) is 4.21. The molecule has 1 saturated carbocycles. The average molecular weight is 281 g/mol. The molecule has 1 aromatic heterocycles. The summed E-state index contributed by atoms with van der Waals surface area (Å²) in [5.41, 5.74) is 5.61. The van der Waals surface area contributed by atoms with Crippen LogP contribution in [-0.4, -0.2) is 36.3 Å². The number of amides is 2. The van der Waals surface area contributed by atoms with Gasteiger partial charge in [0.05, 0.1) is 12.1 Å². The molecule has 104 valence electrons. The average Bonchev–Trinajstić information content (AvgIpc) is 3.08. The van der Waals surface area contributed by atoms with E-state index >= 15 is 0 Å². The van der Waals surface area contributed by atoms with Gasteiger partial charge < -0.3 is 11.1 Å². The van der Waals surface area contributed by atoms with Crippen LogP contribution in [0, 0.1) is 5.92 Å². The molecular formula is C13H19N3O2S. The molecule has 1 atom stereocenters. The van der Waals surface area contributed by atoms with Crippen molar-refractivity contribution in [2.75, 3.05) is 18.9 Å². The summed E-state index contributed by atoms with van der Waals surface area (Å²) in [5, 5.41) is 5.03. The normalized spacial score (nSPS) is 16.4. The van der Waals surface area contributed by atoms with E-state index in [0.29, 0.717) is 23.2 Å². The SMILES string of the molecule is C[C@@H](C1CC1)N(C)CC(=O)Nc1sccc1C(N)=O. The molecule has 0 radical (unpaired) electrons. The van der Waals surface area contributed by atoms with Crippen LogP contribution in [0.3, 0.4) is 0 Å². The number of hydrogen-bond acceptors (Lipinski definition) is 4. The van der Waals surface area contributed by atoms with E-state index in [9.17, 15) is 9.59 Å². The van der Waals surface area contributed by atoms with Crippen LogP contribution in [0.15, 0.2) is 11.4 Å². The zero-order valence-electron chi connectivity index (χ0n) is 11.2. The highest BCUT2D eigenvalue weighted by Crippen LogP contribution is 2.34. The molecule has 1 aromatic rings. The molecule has 5 nitrogen and oxygen atoms in total. The highest BCUT2D eigenvalue weighted by molar-refractivity contribution is 7.14. The number of nitrogens with one attached hydrogen (secondary N) is 1. The van der Waals surface area contributed by atoms with E-state index in [-0.39, 0.29) is 5.91 Å². The highest BCUT2D eigenvalue weighted by atomic mass is 32.1. The standard InChI is InChI=1S/C13H19N3O2S/c1-8(9-3-4-9)16(2)7-11(17)15-13-10(12(14)18)5-6-19-13/h5-6,8-9H,3-4,7H2,1-2H3,(H2,14,18)(H,15,17)/t8-/m0/s1. The molecule has 0 aliphatic heterocycles. The summed E-state index contributed by atoms with van der Waals surface area (Å²) in [6, 6.07) is 2.05. The Balaban J connectivity index is 1.89. The molecule has 2 amide bonds. The summed E-state index contributed by atoms with van der Waals surface area (Å²) in [6.45, 7) is 2.47. The molecule has 1 aliphatic rings. The summed E-state index contributed by atoms with van der Waals surface area (Å²) >= 11 is 1.31. The lowest BCUT2D eigenvalue weighted by atomic mass is 10.2. The molecule has 1 heterocycles. The van der Waals surface area contributed by atoms with Gasteiger partial charge in [-0.3, -0.25) is 14.5 Å². The van der Waals surface area contributed by atoms with Gasteiger partial charge in [-0.25, -0.2) is 0 Å². The van der Waals surface area contributed by atoms with Crippen molar-refractivity contribution >= 4 is 28.2 Å². The van der Waals surface area contributed by atoms with Gasteiger partial charge in [-0.05, 0) is 44.2 Å². The van der Waals surface area contributed by atoms with Gasteiger partial charge in [-0.15, -0.1) is 11.3 Å². The van der Waals surface area contributed by atoms with Crippen LogP contribution >= 0.6 is 11.3 Å². The van der Waals surface area contributed by atoms with Gasteiger partial charge in [0.1, 0.15) is 5.00 Å². The first-order valence-corrected chi connectivity index (χ1v) is 7.24. The van der Waals surface area contributed by atoms with Crippen LogP contribution in [0.5, 0.6) is 0 Å². The number of rotatable bonds is 6. The van der Waals surface area contributed by atoms with Crippen LogP contribution in [0.4, 0.5) is 5.00 Å². The quantitative estimate of drug-likeness (QED) is 0.830. The summed E-state index contributed by atoms with van der Waals surface area (Å²) in [5.74, 6) is 0.0944. The topological polar surface area (TPSA) is 75.4 Å². The summed E-state index contributed by atoms with van der Waals surface area (Å²) in [6.07, 6.45) is 2.51. The van der Waals surface area contributed by atoms with Crippen molar-refractivity contribution in [3.63, 3.8) is 0 Å². The number of nitrogens with two attached hydrogens (primary N) is 1. The number of anilines is 1. The number of likely N-dealkylation sites (N-methyl/N-ethyl adjacent to an activating group) is 1. The van der Waals surface area contributed by atoms with Crippen LogP contribution in [0.1, 0.15) is 30.1 Å². The van der Waals surface area contributed by atoms with Gasteiger partial charge in [0.15, 0.2) is 0 Å². The van der Waals surface area contributed by atoms with Gasteiger partial charge in [0, 0.05) is 6.04 Å². The molecule has 0 bridgehead atoms. The van der Waals surface area contributed by atoms with Crippen molar-refractivity contribution in [3.05, 3.63) is 17.0 Å². The van der Waals surface area contributed by atoms with E-state index in [1.807, 2.05) is 11.9 Å². The van der Waals surface area contributed by atoms with Gasteiger partial charge in [0.25, 0.3) is 5.91 Å². The highest BCUT2D eigenvalue weighted by Gasteiger charge is 2.31. The molecule has 19 heavy (non-hydrogen) atoms. The third kappa shape index (κ3) is 3.54. The van der Waals surface area contributed by atoms with E-state index in [0.717, 1.165) is 5.92 Å². The second-order valence-corrected chi connectivity index (χ2v) is 5.99. The second kappa shape index (κ2) is 5.71. The lowest BCUT2D eigenvalue weighted by Gasteiger charge is -2.23. The summed E-state index contributed by atoms with van der Waals surface area (Å²) < 4.78 is 0. The number of hydrogen-bond donors (Lipinski definition) is 2. The number of carbonyl (C=O) groups is 2. The fourth-order valence-corrected chi connectivity index (χ4v) is 2.88. The van der Waals surface area contributed by atoms with E-state index < -0.39 is 5.91 Å². The van der Waals surface area contributed by atoms with Crippen molar-refractivity contribution in [1.29, 1.82) is 0 Å². The lowest BCUT2D eigenvalue weighted by molar-refractivity contribution is -0.117.